The molecule has 1 saturated carbocycles. The summed E-state index contributed by atoms with van der Waals surface area (Å²) in [6, 6.07) is 16.2. The van der Waals surface area contributed by atoms with E-state index in [0.717, 1.165) is 18.5 Å². The Labute approximate surface area is 109 Å². The molecular weight excluding hydrogens is 218 g/mol. The second-order valence-corrected chi connectivity index (χ2v) is 5.39. The van der Waals surface area contributed by atoms with Crippen molar-refractivity contribution in [3.63, 3.8) is 0 Å². The Hall–Kier alpha value is -1.34. The van der Waals surface area contributed by atoms with Crippen LogP contribution in [0.1, 0.15) is 37.7 Å². The van der Waals surface area contributed by atoms with Crippen LogP contribution < -0.4 is 5.32 Å². The minimum atomic E-state index is 0.744. The van der Waals surface area contributed by atoms with E-state index in [4.69, 9.17) is 0 Å². The second kappa shape index (κ2) is 5.11. The Morgan fingerprint density at radius 3 is 2.67 bits per heavy atom. The van der Waals surface area contributed by atoms with Crippen LogP contribution in [0, 0.1) is 0 Å². The lowest BCUT2D eigenvalue weighted by molar-refractivity contribution is 0.293. The topological polar surface area (TPSA) is 12.0 Å². The summed E-state index contributed by atoms with van der Waals surface area (Å²) >= 11 is 0. The van der Waals surface area contributed by atoms with Crippen molar-refractivity contribution in [1.29, 1.82) is 0 Å². The van der Waals surface area contributed by atoms with Gasteiger partial charge in [0.2, 0.25) is 0 Å². The Kier molecular flexibility index (Phi) is 3.33. The van der Waals surface area contributed by atoms with Gasteiger partial charge in [-0.05, 0) is 48.1 Å². The van der Waals surface area contributed by atoms with E-state index < -0.39 is 0 Å². The molecule has 0 amide bonds. The highest BCUT2D eigenvalue weighted by Crippen LogP contribution is 2.39. The molecular formula is C17H21N. The first-order chi connectivity index (χ1) is 8.88. The number of fused-ring (bicyclic) bond motifs is 1. The van der Waals surface area contributed by atoms with Crippen LogP contribution in [0.4, 0.5) is 0 Å². The number of hydrogen-bond donors (Lipinski definition) is 1. The fraction of sp³-hybridized carbons (Fsp3) is 0.412. The zero-order valence-corrected chi connectivity index (χ0v) is 11.0. The Morgan fingerprint density at radius 2 is 1.83 bits per heavy atom. The predicted molar refractivity (Wildman–Crippen MR) is 78.0 cm³/mol. The van der Waals surface area contributed by atoms with Gasteiger partial charge in [-0.1, -0.05) is 49.4 Å². The SMILES string of the molecule is CCCNC1CC(c2cccc3ccccc23)C1. The molecule has 0 radical (unpaired) electrons. The molecule has 1 fully saturated rings. The zero-order chi connectivity index (χ0) is 12.4. The lowest BCUT2D eigenvalue weighted by atomic mass is 9.74. The summed E-state index contributed by atoms with van der Waals surface area (Å²) in [4.78, 5) is 0. The fourth-order valence-corrected chi connectivity index (χ4v) is 2.99. The Bertz CT molecular complexity index is 521. The first kappa shape index (κ1) is 11.7. The van der Waals surface area contributed by atoms with Crippen LogP contribution in [0.2, 0.25) is 0 Å². The highest BCUT2D eigenvalue weighted by Gasteiger charge is 2.30. The van der Waals surface area contributed by atoms with Crippen LogP contribution in [0.5, 0.6) is 0 Å². The van der Waals surface area contributed by atoms with Crippen LogP contribution in [-0.2, 0) is 0 Å². The summed E-state index contributed by atoms with van der Waals surface area (Å²) < 4.78 is 0. The fourth-order valence-electron chi connectivity index (χ4n) is 2.99. The van der Waals surface area contributed by atoms with Crippen LogP contribution in [0.3, 0.4) is 0 Å². The summed E-state index contributed by atoms with van der Waals surface area (Å²) in [6.45, 7) is 3.39. The average molecular weight is 239 g/mol. The molecule has 2 aromatic carbocycles. The van der Waals surface area contributed by atoms with Crippen LogP contribution >= 0.6 is 0 Å². The summed E-state index contributed by atoms with van der Waals surface area (Å²) in [5.74, 6) is 0.755. The van der Waals surface area contributed by atoms with Crippen molar-refractivity contribution in [3.8, 4) is 0 Å². The molecule has 0 atom stereocenters. The van der Waals surface area contributed by atoms with E-state index >= 15 is 0 Å². The van der Waals surface area contributed by atoms with Gasteiger partial charge in [-0.3, -0.25) is 0 Å². The summed E-state index contributed by atoms with van der Waals surface area (Å²) in [6.07, 6.45) is 3.83. The van der Waals surface area contributed by atoms with E-state index in [-0.39, 0.29) is 0 Å². The largest absolute Gasteiger partial charge is 0.314 e. The first-order valence-corrected chi connectivity index (χ1v) is 7.09. The molecule has 18 heavy (non-hydrogen) atoms. The van der Waals surface area contributed by atoms with Gasteiger partial charge in [0.05, 0.1) is 0 Å². The molecule has 0 heterocycles. The van der Waals surface area contributed by atoms with Crippen molar-refractivity contribution in [2.75, 3.05) is 6.54 Å². The zero-order valence-electron chi connectivity index (χ0n) is 11.0. The number of rotatable bonds is 4. The van der Waals surface area contributed by atoms with Gasteiger partial charge in [0.15, 0.2) is 0 Å². The lowest BCUT2D eigenvalue weighted by Gasteiger charge is -2.37. The third kappa shape index (κ3) is 2.15. The lowest BCUT2D eigenvalue weighted by Crippen LogP contribution is -2.40. The maximum atomic E-state index is 3.62. The van der Waals surface area contributed by atoms with Crippen molar-refractivity contribution in [2.45, 2.75) is 38.1 Å². The standard InChI is InChI=1S/C17H21N/c1-2-10-18-15-11-14(12-15)17-9-5-7-13-6-3-4-8-16(13)17/h3-9,14-15,18H,2,10-12H2,1H3. The monoisotopic (exact) mass is 239 g/mol. The molecule has 1 aliphatic carbocycles. The van der Waals surface area contributed by atoms with Crippen molar-refractivity contribution in [3.05, 3.63) is 48.0 Å². The van der Waals surface area contributed by atoms with Gasteiger partial charge in [0.1, 0.15) is 0 Å². The third-order valence-electron chi connectivity index (χ3n) is 4.08. The smallest absolute Gasteiger partial charge is 0.00787 e. The number of benzene rings is 2. The van der Waals surface area contributed by atoms with Gasteiger partial charge < -0.3 is 5.32 Å². The first-order valence-electron chi connectivity index (χ1n) is 7.09. The molecule has 0 saturated heterocycles. The molecule has 3 rings (SSSR count). The molecule has 0 unspecified atom stereocenters. The minimum absolute atomic E-state index is 0.744. The van der Waals surface area contributed by atoms with Gasteiger partial charge in [0.25, 0.3) is 0 Å². The molecule has 94 valence electrons. The van der Waals surface area contributed by atoms with Crippen molar-refractivity contribution in [2.24, 2.45) is 0 Å². The van der Waals surface area contributed by atoms with Gasteiger partial charge in [-0.25, -0.2) is 0 Å². The maximum absolute atomic E-state index is 3.62. The van der Waals surface area contributed by atoms with Crippen molar-refractivity contribution in [1.82, 2.24) is 5.32 Å². The van der Waals surface area contributed by atoms with E-state index in [1.807, 2.05) is 0 Å². The minimum Gasteiger partial charge on any atom is -0.314 e. The summed E-state index contributed by atoms with van der Waals surface area (Å²) in [7, 11) is 0. The molecule has 1 nitrogen and oxygen atoms in total. The summed E-state index contributed by atoms with van der Waals surface area (Å²) in [5.41, 5.74) is 1.54. The molecule has 1 aliphatic rings. The summed E-state index contributed by atoms with van der Waals surface area (Å²) in [5, 5.41) is 6.43. The molecule has 0 aliphatic heterocycles. The number of nitrogens with one attached hydrogen (secondary N) is 1. The molecule has 0 bridgehead atoms. The van der Waals surface area contributed by atoms with Crippen molar-refractivity contribution >= 4 is 10.8 Å². The maximum Gasteiger partial charge on any atom is 0.00787 e. The van der Waals surface area contributed by atoms with Crippen LogP contribution in [-0.4, -0.2) is 12.6 Å². The highest BCUT2D eigenvalue weighted by molar-refractivity contribution is 5.86. The van der Waals surface area contributed by atoms with E-state index in [0.29, 0.717) is 0 Å². The third-order valence-corrected chi connectivity index (χ3v) is 4.08. The van der Waals surface area contributed by atoms with Crippen LogP contribution in [0.15, 0.2) is 42.5 Å². The predicted octanol–water partition coefficient (Wildman–Crippen LogP) is 4.09. The number of hydrogen-bond acceptors (Lipinski definition) is 1. The molecule has 0 aromatic heterocycles. The molecule has 2 aromatic rings. The van der Waals surface area contributed by atoms with Gasteiger partial charge >= 0.3 is 0 Å². The van der Waals surface area contributed by atoms with E-state index in [1.54, 1.807) is 5.56 Å². The van der Waals surface area contributed by atoms with Crippen LogP contribution in [0.25, 0.3) is 10.8 Å². The van der Waals surface area contributed by atoms with E-state index in [1.165, 1.54) is 30.0 Å². The Morgan fingerprint density at radius 1 is 1.06 bits per heavy atom. The van der Waals surface area contributed by atoms with Gasteiger partial charge in [-0.15, -0.1) is 0 Å². The Balaban J connectivity index is 1.76. The van der Waals surface area contributed by atoms with Gasteiger partial charge in [-0.2, -0.15) is 0 Å². The quantitative estimate of drug-likeness (QED) is 0.847. The van der Waals surface area contributed by atoms with Gasteiger partial charge in [0, 0.05) is 6.04 Å². The molecule has 0 spiro atoms. The van der Waals surface area contributed by atoms with E-state index in [2.05, 4.69) is 54.7 Å². The molecule has 1 N–H and O–H groups in total. The normalized spacial score (nSPS) is 22.9. The second-order valence-electron chi connectivity index (χ2n) is 5.39. The highest BCUT2D eigenvalue weighted by atomic mass is 14.9. The van der Waals surface area contributed by atoms with Crippen molar-refractivity contribution < 1.29 is 0 Å². The molecule has 1 heteroatoms. The average Bonchev–Trinajstić information content (AvgIpc) is 2.37. The van der Waals surface area contributed by atoms with E-state index in [9.17, 15) is 0 Å².